The van der Waals surface area contributed by atoms with E-state index in [0.29, 0.717) is 5.65 Å². The molecule has 0 aliphatic carbocycles. The normalized spacial score (nSPS) is 11.9. The lowest BCUT2D eigenvalue weighted by molar-refractivity contribution is -0.119. The summed E-state index contributed by atoms with van der Waals surface area (Å²) < 4.78 is 39.5. The summed E-state index contributed by atoms with van der Waals surface area (Å²) in [6.07, 6.45) is -2.06. The van der Waals surface area contributed by atoms with Crippen LogP contribution in [0.4, 0.5) is 18.9 Å². The first-order valence-corrected chi connectivity index (χ1v) is 6.10. The highest BCUT2D eigenvalue weighted by Crippen LogP contribution is 2.31. The lowest BCUT2D eigenvalue weighted by Crippen LogP contribution is -2.35. The number of halogens is 3. The van der Waals surface area contributed by atoms with E-state index in [1.807, 2.05) is 0 Å². The molecule has 21 heavy (non-hydrogen) atoms. The number of rotatable bonds is 4. The minimum Gasteiger partial charge on any atom is -0.478 e. The number of pyridine rings is 1. The largest absolute Gasteiger partial charge is 0.478 e. The summed E-state index contributed by atoms with van der Waals surface area (Å²) >= 11 is 0. The number of hydrogen-bond acceptors (Lipinski definition) is 4. The predicted molar refractivity (Wildman–Crippen MR) is 69.4 cm³/mol. The Labute approximate surface area is 117 Å². The summed E-state index contributed by atoms with van der Waals surface area (Å²) in [6, 6.07) is 0. The molecule has 0 bridgehead atoms. The van der Waals surface area contributed by atoms with E-state index in [9.17, 15) is 23.1 Å². The highest BCUT2D eigenvalue weighted by Gasteiger charge is 2.33. The Morgan fingerprint density at radius 3 is 2.62 bits per heavy atom. The Morgan fingerprint density at radius 2 is 2.10 bits per heavy atom. The summed E-state index contributed by atoms with van der Waals surface area (Å²) in [7, 11) is 1.58. The third-order valence-electron chi connectivity index (χ3n) is 3.03. The van der Waals surface area contributed by atoms with Gasteiger partial charge in [-0.25, -0.2) is 9.78 Å². The molecule has 9 heteroatoms. The maximum Gasteiger partial charge on any atom is 0.405 e. The number of anilines is 1. The highest BCUT2D eigenvalue weighted by molar-refractivity contribution is 6.03. The SMILES string of the molecule is CCN(CC(F)(F)F)c1c(C(=O)O)cnc2c1cnn2C. The minimum atomic E-state index is -4.44. The number of fused-ring (bicyclic) bond motifs is 1. The number of carbonyl (C=O) groups is 1. The molecule has 0 atom stereocenters. The van der Waals surface area contributed by atoms with Gasteiger partial charge in [0.2, 0.25) is 0 Å². The molecule has 0 spiro atoms. The zero-order valence-electron chi connectivity index (χ0n) is 11.3. The molecule has 6 nitrogen and oxygen atoms in total. The van der Waals surface area contributed by atoms with Crippen molar-refractivity contribution >= 4 is 22.7 Å². The Morgan fingerprint density at radius 1 is 1.43 bits per heavy atom. The molecule has 2 heterocycles. The van der Waals surface area contributed by atoms with Gasteiger partial charge in [0.25, 0.3) is 0 Å². The number of hydrogen-bond donors (Lipinski definition) is 1. The first kappa shape index (κ1) is 15.1. The van der Waals surface area contributed by atoms with Gasteiger partial charge < -0.3 is 10.0 Å². The van der Waals surface area contributed by atoms with Crippen molar-refractivity contribution in [3.8, 4) is 0 Å². The van der Waals surface area contributed by atoms with Gasteiger partial charge in [0.15, 0.2) is 5.65 Å². The number of aryl methyl sites for hydroxylation is 1. The van der Waals surface area contributed by atoms with Gasteiger partial charge in [-0.15, -0.1) is 0 Å². The smallest absolute Gasteiger partial charge is 0.405 e. The molecule has 0 fully saturated rings. The molecule has 0 aromatic carbocycles. The van der Waals surface area contributed by atoms with Crippen LogP contribution in [-0.4, -0.2) is 45.1 Å². The van der Waals surface area contributed by atoms with Gasteiger partial charge in [0.1, 0.15) is 12.1 Å². The molecule has 2 aromatic rings. The van der Waals surface area contributed by atoms with Crippen LogP contribution in [-0.2, 0) is 7.05 Å². The van der Waals surface area contributed by atoms with Crippen molar-refractivity contribution < 1.29 is 23.1 Å². The van der Waals surface area contributed by atoms with Crippen molar-refractivity contribution in [3.05, 3.63) is 18.0 Å². The number of aromatic nitrogens is 3. The Kier molecular flexibility index (Phi) is 3.75. The minimum absolute atomic E-state index is 0.00774. The highest BCUT2D eigenvalue weighted by atomic mass is 19.4. The van der Waals surface area contributed by atoms with E-state index >= 15 is 0 Å². The zero-order valence-corrected chi connectivity index (χ0v) is 11.3. The maximum absolute atomic E-state index is 12.7. The third kappa shape index (κ3) is 2.91. The molecule has 2 rings (SSSR count). The molecule has 0 unspecified atom stereocenters. The molecule has 0 radical (unpaired) electrons. The van der Waals surface area contributed by atoms with Crippen molar-refractivity contribution in [2.45, 2.75) is 13.1 Å². The van der Waals surface area contributed by atoms with Crippen molar-refractivity contribution in [2.24, 2.45) is 7.05 Å². The summed E-state index contributed by atoms with van der Waals surface area (Å²) in [5.41, 5.74) is 0.0395. The monoisotopic (exact) mass is 302 g/mol. The second kappa shape index (κ2) is 5.23. The van der Waals surface area contributed by atoms with Gasteiger partial charge in [0, 0.05) is 19.8 Å². The fourth-order valence-corrected chi connectivity index (χ4v) is 2.15. The van der Waals surface area contributed by atoms with Crippen LogP contribution in [0.1, 0.15) is 17.3 Å². The fraction of sp³-hybridized carbons (Fsp3) is 0.417. The average Bonchev–Trinajstić information content (AvgIpc) is 2.76. The van der Waals surface area contributed by atoms with E-state index < -0.39 is 18.7 Å². The second-order valence-electron chi connectivity index (χ2n) is 4.46. The van der Waals surface area contributed by atoms with E-state index in [-0.39, 0.29) is 23.2 Å². The molecular formula is C12H13F3N4O2. The standard InChI is InChI=1S/C12H13F3N4O2/c1-3-19(6-12(13,14)15)9-7-5-17-18(2)10(7)16-4-8(9)11(20)21/h4-5H,3,6H2,1-2H3,(H,20,21). The molecule has 0 aliphatic rings. The van der Waals surface area contributed by atoms with Gasteiger partial charge in [-0.2, -0.15) is 18.3 Å². The summed E-state index contributed by atoms with van der Waals surface area (Å²) in [5.74, 6) is -1.33. The van der Waals surface area contributed by atoms with Crippen molar-refractivity contribution in [2.75, 3.05) is 18.0 Å². The molecule has 2 aromatic heterocycles. The quantitative estimate of drug-likeness (QED) is 0.936. The van der Waals surface area contributed by atoms with Gasteiger partial charge in [-0.05, 0) is 6.92 Å². The van der Waals surface area contributed by atoms with Crippen LogP contribution < -0.4 is 4.90 Å². The topological polar surface area (TPSA) is 71.2 Å². The summed E-state index contributed by atoms with van der Waals surface area (Å²) in [5, 5.41) is 13.4. The van der Waals surface area contributed by atoms with E-state index in [1.165, 1.54) is 17.8 Å². The van der Waals surface area contributed by atoms with E-state index in [4.69, 9.17) is 0 Å². The van der Waals surface area contributed by atoms with Crippen molar-refractivity contribution in [1.29, 1.82) is 0 Å². The van der Waals surface area contributed by atoms with E-state index in [1.54, 1.807) is 7.05 Å². The van der Waals surface area contributed by atoms with Crippen molar-refractivity contribution in [3.63, 3.8) is 0 Å². The molecule has 1 N–H and O–H groups in total. The van der Waals surface area contributed by atoms with E-state index in [2.05, 4.69) is 10.1 Å². The summed E-state index contributed by atoms with van der Waals surface area (Å²) in [4.78, 5) is 16.2. The number of carboxylic acid groups (broad SMARTS) is 1. The van der Waals surface area contributed by atoms with Crippen LogP contribution >= 0.6 is 0 Å². The second-order valence-corrected chi connectivity index (χ2v) is 4.46. The number of aromatic carboxylic acids is 1. The first-order valence-electron chi connectivity index (χ1n) is 6.10. The van der Waals surface area contributed by atoms with Gasteiger partial charge in [-0.3, -0.25) is 4.68 Å². The third-order valence-corrected chi connectivity index (χ3v) is 3.03. The molecule has 0 amide bonds. The number of carboxylic acids is 1. The molecule has 114 valence electrons. The Balaban J connectivity index is 2.67. The van der Waals surface area contributed by atoms with Crippen molar-refractivity contribution in [1.82, 2.24) is 14.8 Å². The zero-order chi connectivity index (χ0) is 15.8. The van der Waals surface area contributed by atoms with Gasteiger partial charge in [0.05, 0.1) is 17.3 Å². The Hall–Kier alpha value is -2.32. The number of nitrogens with zero attached hydrogens (tertiary/aromatic N) is 4. The predicted octanol–water partition coefficient (Wildman–Crippen LogP) is 2.06. The molecule has 0 aliphatic heterocycles. The lowest BCUT2D eigenvalue weighted by Gasteiger charge is -2.26. The van der Waals surface area contributed by atoms with Crippen LogP contribution in [0.2, 0.25) is 0 Å². The number of alkyl halides is 3. The summed E-state index contributed by atoms with van der Waals surface area (Å²) in [6.45, 7) is 0.297. The van der Waals surface area contributed by atoms with Crippen LogP contribution in [0, 0.1) is 0 Å². The maximum atomic E-state index is 12.7. The first-order chi connectivity index (χ1) is 9.74. The van der Waals surface area contributed by atoms with Crippen LogP contribution in [0.25, 0.3) is 11.0 Å². The molecule has 0 saturated carbocycles. The van der Waals surface area contributed by atoms with Crippen LogP contribution in [0.5, 0.6) is 0 Å². The van der Waals surface area contributed by atoms with Crippen LogP contribution in [0.3, 0.4) is 0 Å². The van der Waals surface area contributed by atoms with E-state index in [0.717, 1.165) is 11.1 Å². The van der Waals surface area contributed by atoms with Gasteiger partial charge in [-0.1, -0.05) is 0 Å². The van der Waals surface area contributed by atoms with Crippen LogP contribution in [0.15, 0.2) is 12.4 Å². The Bertz CT molecular complexity index is 681. The average molecular weight is 302 g/mol. The van der Waals surface area contributed by atoms with Gasteiger partial charge >= 0.3 is 12.1 Å². The molecular weight excluding hydrogens is 289 g/mol. The fourth-order valence-electron chi connectivity index (χ4n) is 2.15. The molecule has 0 saturated heterocycles. The lowest BCUT2D eigenvalue weighted by atomic mass is 10.1.